The lowest BCUT2D eigenvalue weighted by molar-refractivity contribution is 1.55. The van der Waals surface area contributed by atoms with Gasteiger partial charge in [0.25, 0.3) is 0 Å². The topological polar surface area (TPSA) is 24.4 Å². The second-order valence-electron chi connectivity index (χ2n) is 3.54. The Balaban J connectivity index is 2.13. The van der Waals surface area contributed by atoms with E-state index in [0.29, 0.717) is 0 Å². The third kappa shape index (κ3) is 1.59. The van der Waals surface area contributed by atoms with Gasteiger partial charge in [0.15, 0.2) is 0 Å². The molecule has 0 aromatic heterocycles. The minimum Gasteiger partial charge on any atom is -0.310 e. The van der Waals surface area contributed by atoms with Gasteiger partial charge in [-0.05, 0) is 6.07 Å². The summed E-state index contributed by atoms with van der Waals surface area (Å²) < 4.78 is 7.65. The molecule has 1 N–H and O–H groups in total. The molecule has 2 nitrogen and oxygen atoms in total. The van der Waals surface area contributed by atoms with Crippen molar-refractivity contribution in [1.29, 1.82) is 0 Å². The minimum absolute atomic E-state index is 1.04. The van der Waals surface area contributed by atoms with Crippen LogP contribution in [0.3, 0.4) is 0 Å². The summed E-state index contributed by atoms with van der Waals surface area (Å²) in [5.41, 5.74) is 4.48. The van der Waals surface area contributed by atoms with Crippen molar-refractivity contribution in [3.05, 3.63) is 65.7 Å². The molecule has 3 rings (SSSR count). The van der Waals surface area contributed by atoms with Crippen molar-refractivity contribution >= 4 is 23.5 Å². The van der Waals surface area contributed by atoms with Gasteiger partial charge in [0.05, 0.1) is 23.5 Å². The van der Waals surface area contributed by atoms with Gasteiger partial charge >= 0.3 is 0 Å². The normalized spacial score (nSPS) is 13.6. The van der Waals surface area contributed by atoms with Crippen LogP contribution in [0, 0.1) is 0 Å². The van der Waals surface area contributed by atoms with E-state index in [4.69, 9.17) is 0 Å². The van der Waals surface area contributed by atoms with Gasteiger partial charge in [-0.15, -0.1) is 0 Å². The van der Waals surface area contributed by atoms with Gasteiger partial charge in [-0.3, -0.25) is 0 Å². The molecule has 1 aliphatic rings. The highest BCUT2D eigenvalue weighted by Gasteiger charge is 2.14. The fourth-order valence-corrected chi connectivity index (χ4v) is 2.37. The SMILES string of the molecule is c1ccc(C2=NSNc3ccccc32)cc1. The van der Waals surface area contributed by atoms with Crippen LogP contribution in [0.5, 0.6) is 0 Å². The summed E-state index contributed by atoms with van der Waals surface area (Å²) in [5, 5.41) is 0. The fourth-order valence-electron chi connectivity index (χ4n) is 1.75. The standard InChI is InChI=1S/C13H10N2S/c1-2-6-10(7-3-1)13-11-8-4-5-9-12(11)14-16-15-13/h1-9,14H. The molecule has 1 aliphatic heterocycles. The molecular formula is C13H10N2S. The summed E-state index contributed by atoms with van der Waals surface area (Å²) in [7, 11) is 0. The number of benzene rings is 2. The van der Waals surface area contributed by atoms with Gasteiger partial charge in [-0.25, -0.2) is 0 Å². The summed E-state index contributed by atoms with van der Waals surface area (Å²) in [4.78, 5) is 0. The Morgan fingerprint density at radius 2 is 1.62 bits per heavy atom. The van der Waals surface area contributed by atoms with Crippen LogP contribution < -0.4 is 4.72 Å². The Kier molecular flexibility index (Phi) is 2.38. The van der Waals surface area contributed by atoms with Crippen molar-refractivity contribution in [1.82, 2.24) is 0 Å². The number of nitrogens with zero attached hydrogens (tertiary/aromatic N) is 1. The lowest BCUT2D eigenvalue weighted by atomic mass is 10.0. The maximum atomic E-state index is 4.46. The van der Waals surface area contributed by atoms with Crippen LogP contribution in [-0.4, -0.2) is 5.71 Å². The number of para-hydroxylation sites is 1. The molecule has 0 bridgehead atoms. The molecule has 0 aliphatic carbocycles. The van der Waals surface area contributed by atoms with Gasteiger partial charge < -0.3 is 4.72 Å². The van der Waals surface area contributed by atoms with E-state index >= 15 is 0 Å². The minimum atomic E-state index is 1.04. The Bertz CT molecular complexity index is 535. The van der Waals surface area contributed by atoms with E-state index in [0.717, 1.165) is 22.5 Å². The quantitative estimate of drug-likeness (QED) is 0.752. The van der Waals surface area contributed by atoms with Crippen molar-refractivity contribution < 1.29 is 0 Å². The molecule has 0 saturated carbocycles. The zero-order chi connectivity index (χ0) is 10.8. The van der Waals surface area contributed by atoms with Crippen molar-refractivity contribution in [3.63, 3.8) is 0 Å². The molecule has 0 atom stereocenters. The Labute approximate surface area is 98.7 Å². The Hall–Kier alpha value is -1.74. The van der Waals surface area contributed by atoms with Gasteiger partial charge in [0.2, 0.25) is 0 Å². The Morgan fingerprint density at radius 1 is 0.875 bits per heavy atom. The maximum absolute atomic E-state index is 4.46. The van der Waals surface area contributed by atoms with E-state index in [2.05, 4.69) is 33.4 Å². The van der Waals surface area contributed by atoms with Crippen LogP contribution in [-0.2, 0) is 0 Å². The smallest absolute Gasteiger partial charge is 0.0907 e. The molecule has 0 spiro atoms. The lowest BCUT2D eigenvalue weighted by Crippen LogP contribution is -2.09. The largest absolute Gasteiger partial charge is 0.310 e. The molecule has 0 unspecified atom stereocenters. The first-order valence-corrected chi connectivity index (χ1v) is 5.87. The molecule has 1 heterocycles. The predicted octanol–water partition coefficient (Wildman–Crippen LogP) is 3.51. The zero-order valence-electron chi connectivity index (χ0n) is 8.55. The summed E-state index contributed by atoms with van der Waals surface area (Å²) in [6.45, 7) is 0. The molecular weight excluding hydrogens is 216 g/mol. The average Bonchev–Trinajstić information content (AvgIpc) is 2.39. The van der Waals surface area contributed by atoms with E-state index < -0.39 is 0 Å². The molecule has 0 radical (unpaired) electrons. The van der Waals surface area contributed by atoms with Crippen molar-refractivity contribution in [3.8, 4) is 0 Å². The van der Waals surface area contributed by atoms with Crippen LogP contribution in [0.2, 0.25) is 0 Å². The van der Waals surface area contributed by atoms with Gasteiger partial charge in [-0.1, -0.05) is 48.5 Å². The van der Waals surface area contributed by atoms with Gasteiger partial charge in [0.1, 0.15) is 0 Å². The molecule has 0 fully saturated rings. The first-order chi connectivity index (χ1) is 7.95. The summed E-state index contributed by atoms with van der Waals surface area (Å²) >= 11 is 1.38. The molecule has 16 heavy (non-hydrogen) atoms. The highest BCUT2D eigenvalue weighted by molar-refractivity contribution is 7.99. The van der Waals surface area contributed by atoms with Crippen LogP contribution in [0.1, 0.15) is 11.1 Å². The monoisotopic (exact) mass is 226 g/mol. The average molecular weight is 226 g/mol. The third-order valence-corrected chi connectivity index (χ3v) is 3.11. The number of hydrogen-bond acceptors (Lipinski definition) is 3. The number of anilines is 1. The number of hydrogen-bond donors (Lipinski definition) is 1. The molecule has 78 valence electrons. The van der Waals surface area contributed by atoms with Gasteiger partial charge in [0, 0.05) is 11.1 Å². The summed E-state index contributed by atoms with van der Waals surface area (Å²) in [6.07, 6.45) is 0. The Morgan fingerprint density at radius 3 is 2.50 bits per heavy atom. The van der Waals surface area contributed by atoms with Crippen LogP contribution in [0.15, 0.2) is 59.0 Å². The molecule has 0 amide bonds. The predicted molar refractivity (Wildman–Crippen MR) is 69.7 cm³/mol. The molecule has 2 aromatic carbocycles. The van der Waals surface area contributed by atoms with Crippen LogP contribution >= 0.6 is 12.1 Å². The second kappa shape index (κ2) is 4.02. The fraction of sp³-hybridized carbons (Fsp3) is 0. The molecule has 0 saturated heterocycles. The zero-order valence-corrected chi connectivity index (χ0v) is 9.37. The highest BCUT2D eigenvalue weighted by Crippen LogP contribution is 2.28. The number of fused-ring (bicyclic) bond motifs is 1. The van der Waals surface area contributed by atoms with Gasteiger partial charge in [-0.2, -0.15) is 4.40 Å². The number of nitrogens with one attached hydrogen (secondary N) is 1. The maximum Gasteiger partial charge on any atom is 0.0907 e. The second-order valence-corrected chi connectivity index (χ2v) is 4.11. The van der Waals surface area contributed by atoms with E-state index in [1.165, 1.54) is 12.1 Å². The van der Waals surface area contributed by atoms with E-state index in [1.54, 1.807) is 0 Å². The first kappa shape index (κ1) is 9.48. The summed E-state index contributed by atoms with van der Waals surface area (Å²) in [5.74, 6) is 0. The molecule has 3 heteroatoms. The first-order valence-electron chi connectivity index (χ1n) is 5.10. The van der Waals surface area contributed by atoms with Crippen LogP contribution in [0.4, 0.5) is 5.69 Å². The van der Waals surface area contributed by atoms with Crippen molar-refractivity contribution in [2.24, 2.45) is 4.40 Å². The van der Waals surface area contributed by atoms with Crippen molar-refractivity contribution in [2.75, 3.05) is 4.72 Å². The lowest BCUT2D eigenvalue weighted by Gasteiger charge is -2.16. The van der Waals surface area contributed by atoms with E-state index in [1.807, 2.05) is 30.3 Å². The van der Waals surface area contributed by atoms with Crippen molar-refractivity contribution in [2.45, 2.75) is 0 Å². The van der Waals surface area contributed by atoms with E-state index in [9.17, 15) is 0 Å². The third-order valence-electron chi connectivity index (χ3n) is 2.52. The molecule has 2 aromatic rings. The van der Waals surface area contributed by atoms with Crippen LogP contribution in [0.25, 0.3) is 0 Å². The highest BCUT2D eigenvalue weighted by atomic mass is 32.2. The van der Waals surface area contributed by atoms with E-state index in [-0.39, 0.29) is 0 Å². The summed E-state index contributed by atoms with van der Waals surface area (Å²) in [6, 6.07) is 18.5. The number of rotatable bonds is 1.